The SMILES string of the molecule is CC(C)CCN(C)CC1CC(C)CCC1O. The van der Waals surface area contributed by atoms with Crippen molar-refractivity contribution in [3.63, 3.8) is 0 Å². The molecule has 1 rings (SSSR count). The predicted molar refractivity (Wildman–Crippen MR) is 69.5 cm³/mol. The van der Waals surface area contributed by atoms with E-state index in [2.05, 4.69) is 32.7 Å². The van der Waals surface area contributed by atoms with Gasteiger partial charge in [-0.25, -0.2) is 0 Å². The molecule has 0 radical (unpaired) electrons. The largest absolute Gasteiger partial charge is 0.393 e. The van der Waals surface area contributed by atoms with E-state index in [-0.39, 0.29) is 6.10 Å². The summed E-state index contributed by atoms with van der Waals surface area (Å²) in [5.74, 6) is 2.07. The second kappa shape index (κ2) is 6.61. The lowest BCUT2D eigenvalue weighted by Gasteiger charge is -2.34. The summed E-state index contributed by atoms with van der Waals surface area (Å²) >= 11 is 0. The third-order valence-corrected chi connectivity index (χ3v) is 3.84. The zero-order chi connectivity index (χ0) is 12.1. The molecule has 0 bridgehead atoms. The lowest BCUT2D eigenvalue weighted by Crippen LogP contribution is -2.37. The van der Waals surface area contributed by atoms with E-state index in [1.165, 1.54) is 19.3 Å². The van der Waals surface area contributed by atoms with E-state index < -0.39 is 0 Å². The molecule has 1 aliphatic carbocycles. The van der Waals surface area contributed by atoms with E-state index in [1.54, 1.807) is 0 Å². The average Bonchev–Trinajstić information content (AvgIpc) is 2.20. The Morgan fingerprint density at radius 1 is 1.31 bits per heavy atom. The molecule has 1 saturated carbocycles. The van der Waals surface area contributed by atoms with Crippen LogP contribution in [0.3, 0.4) is 0 Å². The lowest BCUT2D eigenvalue weighted by atomic mass is 9.80. The fourth-order valence-corrected chi connectivity index (χ4v) is 2.65. The van der Waals surface area contributed by atoms with Crippen molar-refractivity contribution >= 4 is 0 Å². The van der Waals surface area contributed by atoms with E-state index in [1.807, 2.05) is 0 Å². The topological polar surface area (TPSA) is 23.5 Å². The molecule has 96 valence electrons. The molecule has 3 unspecified atom stereocenters. The Balaban J connectivity index is 2.28. The Morgan fingerprint density at radius 2 is 2.00 bits per heavy atom. The summed E-state index contributed by atoms with van der Waals surface area (Å²) < 4.78 is 0. The van der Waals surface area contributed by atoms with Crippen molar-refractivity contribution in [2.24, 2.45) is 17.8 Å². The molecule has 0 amide bonds. The molecule has 0 aromatic heterocycles. The van der Waals surface area contributed by atoms with Crippen LogP contribution >= 0.6 is 0 Å². The van der Waals surface area contributed by atoms with Gasteiger partial charge in [-0.1, -0.05) is 20.8 Å². The van der Waals surface area contributed by atoms with Crippen molar-refractivity contribution in [1.29, 1.82) is 0 Å². The van der Waals surface area contributed by atoms with Crippen molar-refractivity contribution in [2.75, 3.05) is 20.1 Å². The maximum absolute atomic E-state index is 9.99. The fraction of sp³-hybridized carbons (Fsp3) is 1.00. The van der Waals surface area contributed by atoms with Crippen LogP contribution in [0.2, 0.25) is 0 Å². The third-order valence-electron chi connectivity index (χ3n) is 3.84. The van der Waals surface area contributed by atoms with Crippen LogP contribution in [-0.4, -0.2) is 36.2 Å². The number of nitrogens with zero attached hydrogens (tertiary/aromatic N) is 1. The molecule has 16 heavy (non-hydrogen) atoms. The monoisotopic (exact) mass is 227 g/mol. The maximum Gasteiger partial charge on any atom is 0.0580 e. The molecule has 1 N–H and O–H groups in total. The van der Waals surface area contributed by atoms with Gasteiger partial charge in [0.1, 0.15) is 0 Å². The first-order chi connectivity index (χ1) is 7.49. The summed E-state index contributed by atoms with van der Waals surface area (Å²) in [6.45, 7) is 9.08. The van der Waals surface area contributed by atoms with E-state index in [0.29, 0.717) is 5.92 Å². The highest BCUT2D eigenvalue weighted by Crippen LogP contribution is 2.29. The normalized spacial score (nSPS) is 31.3. The molecule has 1 aliphatic rings. The van der Waals surface area contributed by atoms with Crippen LogP contribution in [0.25, 0.3) is 0 Å². The zero-order valence-electron chi connectivity index (χ0n) is 11.4. The van der Waals surface area contributed by atoms with Crippen molar-refractivity contribution in [1.82, 2.24) is 4.90 Å². The van der Waals surface area contributed by atoms with Gasteiger partial charge >= 0.3 is 0 Å². The van der Waals surface area contributed by atoms with Gasteiger partial charge in [-0.3, -0.25) is 0 Å². The highest BCUT2D eigenvalue weighted by Gasteiger charge is 2.27. The van der Waals surface area contributed by atoms with Crippen molar-refractivity contribution < 1.29 is 5.11 Å². The number of aliphatic hydroxyl groups is 1. The van der Waals surface area contributed by atoms with Gasteiger partial charge in [0.15, 0.2) is 0 Å². The van der Waals surface area contributed by atoms with E-state index >= 15 is 0 Å². The van der Waals surface area contributed by atoms with Gasteiger partial charge in [0.25, 0.3) is 0 Å². The molecule has 0 spiro atoms. The molecule has 2 nitrogen and oxygen atoms in total. The first-order valence-corrected chi connectivity index (χ1v) is 6.85. The van der Waals surface area contributed by atoms with Gasteiger partial charge in [-0.05, 0) is 57.0 Å². The molecule has 2 heteroatoms. The van der Waals surface area contributed by atoms with Crippen LogP contribution in [0, 0.1) is 17.8 Å². The van der Waals surface area contributed by atoms with Crippen molar-refractivity contribution in [2.45, 2.75) is 52.6 Å². The number of rotatable bonds is 5. The van der Waals surface area contributed by atoms with Gasteiger partial charge in [-0.15, -0.1) is 0 Å². The summed E-state index contributed by atoms with van der Waals surface area (Å²) in [6.07, 6.45) is 4.61. The molecule has 3 atom stereocenters. The van der Waals surface area contributed by atoms with Gasteiger partial charge in [0.05, 0.1) is 6.10 Å². The fourth-order valence-electron chi connectivity index (χ4n) is 2.65. The summed E-state index contributed by atoms with van der Waals surface area (Å²) in [6, 6.07) is 0. The first-order valence-electron chi connectivity index (χ1n) is 6.85. The minimum atomic E-state index is -0.0577. The molecular weight excluding hydrogens is 198 g/mol. The Morgan fingerprint density at radius 3 is 2.62 bits per heavy atom. The highest BCUT2D eigenvalue weighted by atomic mass is 16.3. The van der Waals surface area contributed by atoms with Gasteiger partial charge in [0.2, 0.25) is 0 Å². The average molecular weight is 227 g/mol. The molecule has 1 fully saturated rings. The Labute approximate surface area is 101 Å². The molecule has 0 aliphatic heterocycles. The van der Waals surface area contributed by atoms with Gasteiger partial charge in [0, 0.05) is 6.54 Å². The lowest BCUT2D eigenvalue weighted by molar-refractivity contribution is 0.0344. The summed E-state index contributed by atoms with van der Waals surface area (Å²) in [5, 5.41) is 9.99. The van der Waals surface area contributed by atoms with Crippen LogP contribution in [-0.2, 0) is 0 Å². The van der Waals surface area contributed by atoms with Crippen LogP contribution in [0.5, 0.6) is 0 Å². The predicted octanol–water partition coefficient (Wildman–Crippen LogP) is 2.76. The number of hydrogen-bond donors (Lipinski definition) is 1. The van der Waals surface area contributed by atoms with E-state index in [4.69, 9.17) is 0 Å². The minimum Gasteiger partial charge on any atom is -0.393 e. The van der Waals surface area contributed by atoms with Crippen LogP contribution in [0.1, 0.15) is 46.5 Å². The summed E-state index contributed by atoms with van der Waals surface area (Å²) in [7, 11) is 2.19. The quantitative estimate of drug-likeness (QED) is 0.780. The summed E-state index contributed by atoms with van der Waals surface area (Å²) in [5.41, 5.74) is 0. The molecular formula is C14H29NO. The first kappa shape index (κ1) is 14.0. The second-order valence-electron chi connectivity index (χ2n) is 6.19. The van der Waals surface area contributed by atoms with Crippen LogP contribution in [0.4, 0.5) is 0 Å². The molecule has 0 aromatic carbocycles. The minimum absolute atomic E-state index is 0.0577. The molecule has 0 saturated heterocycles. The van der Waals surface area contributed by atoms with Gasteiger partial charge < -0.3 is 10.0 Å². The summed E-state index contributed by atoms with van der Waals surface area (Å²) in [4.78, 5) is 2.39. The second-order valence-corrected chi connectivity index (χ2v) is 6.19. The Kier molecular flexibility index (Phi) is 5.77. The van der Waals surface area contributed by atoms with Gasteiger partial charge in [-0.2, -0.15) is 0 Å². The van der Waals surface area contributed by atoms with Crippen LogP contribution < -0.4 is 0 Å². The van der Waals surface area contributed by atoms with Crippen LogP contribution in [0.15, 0.2) is 0 Å². The Hall–Kier alpha value is -0.0800. The Bertz CT molecular complexity index is 193. The third kappa shape index (κ3) is 4.84. The van der Waals surface area contributed by atoms with E-state index in [9.17, 15) is 5.11 Å². The molecule has 0 aromatic rings. The van der Waals surface area contributed by atoms with Crippen molar-refractivity contribution in [3.8, 4) is 0 Å². The maximum atomic E-state index is 9.99. The zero-order valence-corrected chi connectivity index (χ0v) is 11.4. The molecule has 0 heterocycles. The van der Waals surface area contributed by atoms with E-state index in [0.717, 1.165) is 31.3 Å². The smallest absolute Gasteiger partial charge is 0.0580 e. The highest BCUT2D eigenvalue weighted by molar-refractivity contribution is 4.79. The standard InChI is InChI=1S/C14H29NO/c1-11(2)7-8-15(4)10-13-9-12(3)5-6-14(13)16/h11-14,16H,5-10H2,1-4H3. The van der Waals surface area contributed by atoms with Crippen molar-refractivity contribution in [3.05, 3.63) is 0 Å². The number of hydrogen-bond acceptors (Lipinski definition) is 2. The number of aliphatic hydroxyl groups excluding tert-OH is 1.